The fourth-order valence-corrected chi connectivity index (χ4v) is 5.35. The van der Waals surface area contributed by atoms with Gasteiger partial charge in [-0.15, -0.1) is 0 Å². The summed E-state index contributed by atoms with van der Waals surface area (Å²) >= 11 is 3.57. The zero-order chi connectivity index (χ0) is 21.2. The lowest BCUT2D eigenvalue weighted by Crippen LogP contribution is -2.47. The molecule has 150 valence electrons. The molecule has 3 heterocycles. The van der Waals surface area contributed by atoms with Gasteiger partial charge in [-0.05, 0) is 30.7 Å². The van der Waals surface area contributed by atoms with E-state index < -0.39 is 11.3 Å². The van der Waals surface area contributed by atoms with E-state index in [4.69, 9.17) is 14.9 Å². The number of amides is 1. The van der Waals surface area contributed by atoms with Gasteiger partial charge in [-0.3, -0.25) is 9.59 Å². The molecular weight excluding hydrogens is 450 g/mol. The molecule has 7 nitrogen and oxygen atoms in total. The number of carbonyl (C=O) groups is 2. The zero-order valence-corrected chi connectivity index (χ0v) is 17.5. The highest BCUT2D eigenvalue weighted by Gasteiger charge is 2.61. The highest BCUT2D eigenvalue weighted by molar-refractivity contribution is 9.10. The third-order valence-electron chi connectivity index (χ3n) is 6.01. The van der Waals surface area contributed by atoms with E-state index in [1.54, 1.807) is 24.5 Å². The Labute approximate surface area is 180 Å². The fourth-order valence-electron chi connectivity index (χ4n) is 4.71. The monoisotopic (exact) mass is 465 g/mol. The lowest BCUT2D eigenvalue weighted by atomic mass is 9.64. The number of allylic oxidation sites excluding steroid dienone is 1. The van der Waals surface area contributed by atoms with Crippen LogP contribution in [-0.4, -0.2) is 11.7 Å². The summed E-state index contributed by atoms with van der Waals surface area (Å²) in [5.74, 6) is -0.182. The highest BCUT2D eigenvalue weighted by atomic mass is 79.9. The molecule has 3 N–H and O–H groups in total. The zero-order valence-electron chi connectivity index (χ0n) is 15.9. The molecule has 0 fully saturated rings. The first-order valence-electron chi connectivity index (χ1n) is 9.39. The number of nitriles is 1. The molecule has 0 radical (unpaired) electrons. The largest absolute Gasteiger partial charge is 0.469 e. The third-order valence-corrected chi connectivity index (χ3v) is 7.03. The van der Waals surface area contributed by atoms with E-state index in [-0.39, 0.29) is 35.2 Å². The molecule has 30 heavy (non-hydrogen) atoms. The minimum Gasteiger partial charge on any atom is -0.469 e. The first kappa shape index (κ1) is 18.7. The number of fused-ring (bicyclic) bond motifs is 3. The van der Waals surface area contributed by atoms with E-state index in [9.17, 15) is 14.9 Å². The minimum atomic E-state index is -1.64. The van der Waals surface area contributed by atoms with Crippen molar-refractivity contribution in [2.45, 2.75) is 31.1 Å². The van der Waals surface area contributed by atoms with Gasteiger partial charge >= 0.3 is 0 Å². The van der Waals surface area contributed by atoms with Crippen LogP contribution >= 0.6 is 15.9 Å². The molecular formula is C22H16BrN3O4. The maximum Gasteiger partial charge on any atom is 0.245 e. The standard InChI is InChI=1S/C22H16BrN3O4/c1-10-4-5-13-17(19(10)23)22(21(28)26-13)12(9-24)20(25)30-16-8-11(7-14(27)18(16)22)15-3-2-6-29-15/h2-6,11H,7-8,25H2,1H3,(H,26,28)/t11-,22+/m1/s1. The lowest BCUT2D eigenvalue weighted by molar-refractivity contribution is -0.123. The summed E-state index contributed by atoms with van der Waals surface area (Å²) in [5, 5.41) is 12.8. The Hall–Kier alpha value is -3.31. The van der Waals surface area contributed by atoms with Crippen LogP contribution in [0.25, 0.3) is 0 Å². The van der Waals surface area contributed by atoms with E-state index in [0.717, 1.165) is 5.56 Å². The molecule has 2 aromatic rings. The molecule has 1 aromatic heterocycles. The Morgan fingerprint density at radius 1 is 1.30 bits per heavy atom. The normalized spacial score (nSPS) is 25.0. The number of ketones is 1. The van der Waals surface area contributed by atoms with Crippen molar-refractivity contribution in [3.63, 3.8) is 0 Å². The predicted molar refractivity (Wildman–Crippen MR) is 110 cm³/mol. The van der Waals surface area contributed by atoms with Crippen LogP contribution in [0.3, 0.4) is 0 Å². The SMILES string of the molecule is Cc1ccc2c(c1Br)[C@@]1(C(=O)N2)C(C#N)=C(N)OC2=C1C(=O)C[C@@H](c1ccco1)C2. The second-order valence-electron chi connectivity index (χ2n) is 7.62. The van der Waals surface area contributed by atoms with E-state index in [1.165, 1.54) is 0 Å². The maximum absolute atomic E-state index is 13.5. The highest BCUT2D eigenvalue weighted by Crippen LogP contribution is 2.57. The number of hydrogen-bond donors (Lipinski definition) is 2. The van der Waals surface area contributed by atoms with Crippen molar-refractivity contribution in [2.75, 3.05) is 5.32 Å². The number of aryl methyl sites for hydroxylation is 1. The number of anilines is 1. The number of hydrogen-bond acceptors (Lipinski definition) is 6. The Morgan fingerprint density at radius 3 is 2.80 bits per heavy atom. The summed E-state index contributed by atoms with van der Waals surface area (Å²) in [7, 11) is 0. The van der Waals surface area contributed by atoms with E-state index in [2.05, 4.69) is 21.2 Å². The number of nitrogens with one attached hydrogen (secondary N) is 1. The lowest BCUT2D eigenvalue weighted by Gasteiger charge is -2.38. The van der Waals surface area contributed by atoms with Gasteiger partial charge in [-0.2, -0.15) is 5.26 Å². The van der Waals surface area contributed by atoms with Crippen LogP contribution in [0, 0.1) is 18.3 Å². The summed E-state index contributed by atoms with van der Waals surface area (Å²) in [6.45, 7) is 1.88. The molecule has 0 unspecified atom stereocenters. The third kappa shape index (κ3) is 2.24. The molecule has 0 bridgehead atoms. The second-order valence-corrected chi connectivity index (χ2v) is 8.41. The van der Waals surface area contributed by atoms with Crippen molar-refractivity contribution in [1.29, 1.82) is 5.26 Å². The molecule has 8 heteroatoms. The molecule has 1 aliphatic carbocycles. The summed E-state index contributed by atoms with van der Waals surface area (Å²) in [6.07, 6.45) is 2.03. The Balaban J connectivity index is 1.80. The first-order chi connectivity index (χ1) is 14.4. The molecule has 1 aromatic carbocycles. The molecule has 0 saturated heterocycles. The van der Waals surface area contributed by atoms with Gasteiger partial charge in [0.2, 0.25) is 11.8 Å². The smallest absolute Gasteiger partial charge is 0.245 e. The number of rotatable bonds is 1. The van der Waals surface area contributed by atoms with Crippen LogP contribution in [0.15, 0.2) is 62.2 Å². The minimum absolute atomic E-state index is 0.0754. The van der Waals surface area contributed by atoms with Crippen LogP contribution in [0.1, 0.15) is 35.6 Å². The Morgan fingerprint density at radius 2 is 2.10 bits per heavy atom. The van der Waals surface area contributed by atoms with Gasteiger partial charge in [-0.1, -0.05) is 22.0 Å². The van der Waals surface area contributed by atoms with Crippen molar-refractivity contribution in [2.24, 2.45) is 5.73 Å². The number of benzene rings is 1. The number of ether oxygens (including phenoxy) is 1. The summed E-state index contributed by atoms with van der Waals surface area (Å²) < 4.78 is 11.9. The first-order valence-corrected chi connectivity index (χ1v) is 10.2. The van der Waals surface area contributed by atoms with Crippen LogP contribution in [0.5, 0.6) is 0 Å². The molecule has 0 saturated carbocycles. The number of nitrogens with two attached hydrogens (primary N) is 1. The van der Waals surface area contributed by atoms with Crippen LogP contribution in [0.4, 0.5) is 5.69 Å². The van der Waals surface area contributed by atoms with E-state index in [1.807, 2.05) is 19.1 Å². The second kappa shape index (κ2) is 6.34. The summed E-state index contributed by atoms with van der Waals surface area (Å²) in [6, 6.07) is 9.22. The number of nitrogens with zero attached hydrogens (tertiary/aromatic N) is 1. The van der Waals surface area contributed by atoms with Crippen molar-refractivity contribution in [3.8, 4) is 6.07 Å². The topological polar surface area (TPSA) is 118 Å². The molecule has 2 aliphatic heterocycles. The molecule has 3 aliphatic rings. The van der Waals surface area contributed by atoms with Crippen LogP contribution < -0.4 is 11.1 Å². The van der Waals surface area contributed by atoms with Gasteiger partial charge < -0.3 is 20.2 Å². The number of halogens is 1. The van der Waals surface area contributed by atoms with Gasteiger partial charge in [0.1, 0.15) is 28.6 Å². The number of Topliss-reactive ketones (excluding diaryl/α,β-unsaturated/α-hetero) is 1. The van der Waals surface area contributed by atoms with Crippen molar-refractivity contribution < 1.29 is 18.7 Å². The van der Waals surface area contributed by atoms with Crippen LogP contribution in [0.2, 0.25) is 0 Å². The van der Waals surface area contributed by atoms with Gasteiger partial charge in [0.25, 0.3) is 0 Å². The predicted octanol–water partition coefficient (Wildman–Crippen LogP) is 3.67. The van der Waals surface area contributed by atoms with Crippen molar-refractivity contribution >= 4 is 33.3 Å². The molecule has 5 rings (SSSR count). The Bertz CT molecular complexity index is 1240. The summed E-state index contributed by atoms with van der Waals surface area (Å²) in [4.78, 5) is 26.9. The Kier molecular flexibility index (Phi) is 3.95. The molecule has 1 spiro atoms. The molecule has 1 amide bonds. The number of furan rings is 1. The van der Waals surface area contributed by atoms with Gasteiger partial charge in [0.15, 0.2) is 5.78 Å². The number of carbonyl (C=O) groups excluding carboxylic acids is 2. The van der Waals surface area contributed by atoms with Gasteiger partial charge in [0.05, 0.1) is 11.8 Å². The van der Waals surface area contributed by atoms with Crippen molar-refractivity contribution in [1.82, 2.24) is 0 Å². The van der Waals surface area contributed by atoms with Gasteiger partial charge in [-0.25, -0.2) is 0 Å². The summed E-state index contributed by atoms with van der Waals surface area (Å²) in [5.41, 5.74) is 6.52. The quantitative estimate of drug-likeness (QED) is 0.662. The van der Waals surface area contributed by atoms with Gasteiger partial charge in [0, 0.05) is 34.5 Å². The maximum atomic E-state index is 13.5. The molecule has 2 atom stereocenters. The fraction of sp³-hybridized carbons (Fsp3) is 0.227. The van der Waals surface area contributed by atoms with Crippen LogP contribution in [-0.2, 0) is 19.7 Å². The van der Waals surface area contributed by atoms with Crippen molar-refractivity contribution in [3.05, 3.63) is 74.7 Å². The average Bonchev–Trinajstić information content (AvgIpc) is 3.33. The van der Waals surface area contributed by atoms with E-state index >= 15 is 0 Å². The van der Waals surface area contributed by atoms with E-state index in [0.29, 0.717) is 33.7 Å². The average molecular weight is 466 g/mol.